The molecule has 1 fully saturated rings. The van der Waals surface area contributed by atoms with Crippen molar-refractivity contribution in [3.05, 3.63) is 64.8 Å². The van der Waals surface area contributed by atoms with Crippen LogP contribution in [0, 0.1) is 0 Å². The average Bonchev–Trinajstić information content (AvgIpc) is 3.14. The van der Waals surface area contributed by atoms with Crippen LogP contribution >= 0.6 is 11.3 Å². The van der Waals surface area contributed by atoms with Gasteiger partial charge in [-0.05, 0) is 48.2 Å². The molecule has 0 aliphatic heterocycles. The molecule has 1 aliphatic rings. The number of hydrogen-bond acceptors (Lipinski definition) is 7. The summed E-state index contributed by atoms with van der Waals surface area (Å²) < 4.78 is 44.8. The third-order valence-corrected chi connectivity index (χ3v) is 6.30. The van der Waals surface area contributed by atoms with E-state index in [1.165, 1.54) is 23.5 Å². The van der Waals surface area contributed by atoms with E-state index in [0.717, 1.165) is 45.8 Å². The second kappa shape index (κ2) is 7.92. The highest BCUT2D eigenvalue weighted by Gasteiger charge is 2.39. The van der Waals surface area contributed by atoms with E-state index in [2.05, 4.69) is 20.5 Å². The highest BCUT2D eigenvalue weighted by molar-refractivity contribution is 7.18. The van der Waals surface area contributed by atoms with Gasteiger partial charge in [0.25, 0.3) is 0 Å². The van der Waals surface area contributed by atoms with Crippen LogP contribution in [0.1, 0.15) is 35.2 Å². The first kappa shape index (κ1) is 21.5. The Hall–Kier alpha value is -3.31. The quantitative estimate of drug-likeness (QED) is 0.409. The molecule has 11 heteroatoms. The van der Waals surface area contributed by atoms with Gasteiger partial charge in [-0.2, -0.15) is 13.2 Å². The zero-order valence-corrected chi connectivity index (χ0v) is 18.0. The number of nitrogens with zero attached hydrogens (tertiary/aromatic N) is 3. The topological polar surface area (TPSA) is 107 Å². The molecule has 3 N–H and O–H groups in total. The Morgan fingerprint density at radius 3 is 2.48 bits per heavy atom. The van der Waals surface area contributed by atoms with Crippen LogP contribution in [0.5, 0.6) is 0 Å². The van der Waals surface area contributed by atoms with Crippen molar-refractivity contribution in [2.75, 3.05) is 0 Å². The predicted molar refractivity (Wildman–Crippen MR) is 115 cm³/mol. The molecule has 0 unspecified atom stereocenters. The monoisotopic (exact) mass is 473 g/mol. The van der Waals surface area contributed by atoms with E-state index in [0.29, 0.717) is 17.9 Å². The van der Waals surface area contributed by atoms with Crippen molar-refractivity contribution in [2.45, 2.75) is 37.5 Å². The minimum Gasteiger partial charge on any atom is -0.424 e. The van der Waals surface area contributed by atoms with Crippen molar-refractivity contribution in [1.82, 2.24) is 20.5 Å². The lowest BCUT2D eigenvalue weighted by Crippen LogP contribution is -2.44. The largest absolute Gasteiger partial charge is 0.424 e. The van der Waals surface area contributed by atoms with Crippen LogP contribution in [0.3, 0.4) is 0 Å². The van der Waals surface area contributed by atoms with Gasteiger partial charge in [-0.25, -0.2) is 4.98 Å². The molecule has 2 aromatic heterocycles. The van der Waals surface area contributed by atoms with E-state index in [-0.39, 0.29) is 18.2 Å². The summed E-state index contributed by atoms with van der Waals surface area (Å²) in [6, 6.07) is 10.6. The van der Waals surface area contributed by atoms with Crippen molar-refractivity contribution in [3.8, 4) is 11.1 Å². The number of amides is 1. The molecule has 1 amide bonds. The van der Waals surface area contributed by atoms with Crippen molar-refractivity contribution >= 4 is 27.5 Å². The van der Waals surface area contributed by atoms with Gasteiger partial charge < -0.3 is 15.5 Å². The Kier molecular flexibility index (Phi) is 5.17. The first-order chi connectivity index (χ1) is 15.7. The summed E-state index contributed by atoms with van der Waals surface area (Å²) in [6.07, 6.45) is -2.58. The number of nitrogens with one attached hydrogen (secondary N) is 1. The minimum absolute atomic E-state index is 0.0394. The lowest BCUT2D eigenvalue weighted by molar-refractivity contribution is -0.137. The third-order valence-electron chi connectivity index (χ3n) is 5.28. The van der Waals surface area contributed by atoms with Gasteiger partial charge in [0.1, 0.15) is 11.4 Å². The number of fused-ring (bicyclic) bond motifs is 1. The van der Waals surface area contributed by atoms with Crippen LogP contribution in [0.2, 0.25) is 0 Å². The molecule has 0 bridgehead atoms. The molecule has 170 valence electrons. The molecule has 4 aromatic rings. The molecule has 2 heterocycles. The molecule has 2 aromatic carbocycles. The summed E-state index contributed by atoms with van der Waals surface area (Å²) in [4.78, 5) is 16.5. The number of thiazole rings is 1. The minimum atomic E-state index is -4.36. The predicted octanol–water partition coefficient (Wildman–Crippen LogP) is 4.06. The SMILES string of the molecule is NC1(NC(=O)Cc2nnc(Cc3nc4ccc(-c5ccc(C(F)(F)F)cc5)cc4s3)o2)CC1. The maximum Gasteiger partial charge on any atom is 0.416 e. The Morgan fingerprint density at radius 1 is 1.09 bits per heavy atom. The van der Waals surface area contributed by atoms with E-state index >= 15 is 0 Å². The number of benzene rings is 2. The molecule has 0 saturated heterocycles. The third kappa shape index (κ3) is 4.88. The standard InChI is InChI=1S/C22H18F3N5O2S/c23-22(24,25)14-4-1-12(2-5-14)13-3-6-15-16(9-13)33-20(27-15)11-19-30-29-18(32-19)10-17(31)28-21(26)7-8-21/h1-6,9H,7-8,10-11,26H2,(H,28,31). The van der Waals surface area contributed by atoms with Crippen LogP contribution in [-0.4, -0.2) is 26.8 Å². The fourth-order valence-electron chi connectivity index (χ4n) is 3.36. The number of carbonyl (C=O) groups is 1. The van der Waals surface area contributed by atoms with Gasteiger partial charge in [0.2, 0.25) is 17.7 Å². The van der Waals surface area contributed by atoms with Crippen LogP contribution in [0.15, 0.2) is 46.9 Å². The molecular weight excluding hydrogens is 455 g/mol. The number of aromatic nitrogens is 3. The second-order valence-electron chi connectivity index (χ2n) is 8.01. The summed E-state index contributed by atoms with van der Waals surface area (Å²) in [5.41, 5.74) is 6.84. The van der Waals surface area contributed by atoms with Gasteiger partial charge in [-0.15, -0.1) is 21.5 Å². The molecule has 5 rings (SSSR count). The first-order valence-corrected chi connectivity index (χ1v) is 11.0. The second-order valence-corrected chi connectivity index (χ2v) is 9.13. The maximum atomic E-state index is 12.8. The molecule has 33 heavy (non-hydrogen) atoms. The van der Waals surface area contributed by atoms with Gasteiger partial charge in [0, 0.05) is 0 Å². The highest BCUT2D eigenvalue weighted by Crippen LogP contribution is 2.33. The average molecular weight is 473 g/mol. The molecule has 0 spiro atoms. The smallest absolute Gasteiger partial charge is 0.416 e. The summed E-state index contributed by atoms with van der Waals surface area (Å²) in [5, 5.41) is 11.4. The van der Waals surface area contributed by atoms with Gasteiger partial charge in [-0.3, -0.25) is 4.79 Å². The van der Waals surface area contributed by atoms with Crippen molar-refractivity contribution in [2.24, 2.45) is 5.73 Å². The fraction of sp³-hybridized carbons (Fsp3) is 0.273. The molecular formula is C22H18F3N5O2S. The Balaban J connectivity index is 1.28. The summed E-state index contributed by atoms with van der Waals surface area (Å²) in [6.45, 7) is 0. The van der Waals surface area contributed by atoms with Gasteiger partial charge in [0.15, 0.2) is 0 Å². The number of halogens is 3. The molecule has 0 atom stereocenters. The molecule has 7 nitrogen and oxygen atoms in total. The van der Waals surface area contributed by atoms with E-state index < -0.39 is 17.4 Å². The number of rotatable bonds is 6. The lowest BCUT2D eigenvalue weighted by atomic mass is 10.0. The van der Waals surface area contributed by atoms with Crippen LogP contribution in [0.25, 0.3) is 21.3 Å². The van der Waals surface area contributed by atoms with Crippen LogP contribution in [-0.2, 0) is 23.8 Å². The van der Waals surface area contributed by atoms with Gasteiger partial charge in [0.05, 0.1) is 27.9 Å². The summed E-state index contributed by atoms with van der Waals surface area (Å²) >= 11 is 1.43. The first-order valence-electron chi connectivity index (χ1n) is 10.2. The van der Waals surface area contributed by atoms with E-state index in [9.17, 15) is 18.0 Å². The Labute approximate surface area is 189 Å². The van der Waals surface area contributed by atoms with Gasteiger partial charge >= 0.3 is 6.18 Å². The zero-order chi connectivity index (χ0) is 23.2. The number of alkyl halides is 3. The Bertz CT molecular complexity index is 1330. The van der Waals surface area contributed by atoms with Gasteiger partial charge in [-0.1, -0.05) is 18.2 Å². The van der Waals surface area contributed by atoms with Crippen LogP contribution in [0.4, 0.5) is 13.2 Å². The Morgan fingerprint density at radius 2 is 1.79 bits per heavy atom. The lowest BCUT2D eigenvalue weighted by Gasteiger charge is -2.09. The summed E-state index contributed by atoms with van der Waals surface area (Å²) in [7, 11) is 0. The van der Waals surface area contributed by atoms with E-state index in [4.69, 9.17) is 10.2 Å². The maximum absolute atomic E-state index is 12.8. The molecule has 1 saturated carbocycles. The van der Waals surface area contributed by atoms with Crippen molar-refractivity contribution in [3.63, 3.8) is 0 Å². The number of nitrogens with two attached hydrogens (primary N) is 1. The summed E-state index contributed by atoms with van der Waals surface area (Å²) in [5.74, 6) is 0.284. The van der Waals surface area contributed by atoms with E-state index in [1.807, 2.05) is 18.2 Å². The molecule has 1 aliphatic carbocycles. The number of carbonyl (C=O) groups excluding carboxylic acids is 1. The highest BCUT2D eigenvalue weighted by atomic mass is 32.1. The van der Waals surface area contributed by atoms with Crippen molar-refractivity contribution in [1.29, 1.82) is 0 Å². The fourth-order valence-corrected chi connectivity index (χ4v) is 4.36. The van der Waals surface area contributed by atoms with Crippen molar-refractivity contribution < 1.29 is 22.4 Å². The zero-order valence-electron chi connectivity index (χ0n) is 17.1. The molecule has 0 radical (unpaired) electrons. The van der Waals surface area contributed by atoms with E-state index in [1.54, 1.807) is 0 Å². The normalized spacial score (nSPS) is 15.0. The van der Waals surface area contributed by atoms with Crippen LogP contribution < -0.4 is 11.1 Å². The number of hydrogen-bond donors (Lipinski definition) is 2.